The number of carbonyl (C=O) groups is 1. The van der Waals surface area contributed by atoms with Gasteiger partial charge in [0, 0.05) is 19.5 Å². The van der Waals surface area contributed by atoms with Crippen LogP contribution in [0.25, 0.3) is 11.1 Å². The highest BCUT2D eigenvalue weighted by molar-refractivity contribution is 5.69. The standard InChI is InChI=1S/C26H35NO4/c1-29-24-16-14-23(15-17-24)22-12-10-21(11-13-22)20-31-25-8-5-7-19-27(25)18-6-3-4-9-26(28)30-2/h10-17,25H,3-9,18-20H2,1-2H3. The van der Waals surface area contributed by atoms with Gasteiger partial charge < -0.3 is 14.2 Å². The van der Waals surface area contributed by atoms with E-state index in [9.17, 15) is 4.79 Å². The van der Waals surface area contributed by atoms with Crippen LogP contribution in [0.5, 0.6) is 5.75 Å². The Morgan fingerprint density at radius 2 is 1.65 bits per heavy atom. The minimum atomic E-state index is -0.114. The molecule has 0 bridgehead atoms. The first-order chi connectivity index (χ1) is 15.2. The van der Waals surface area contributed by atoms with Crippen LogP contribution in [-0.2, 0) is 20.9 Å². The van der Waals surface area contributed by atoms with Crippen molar-refractivity contribution in [3.05, 3.63) is 54.1 Å². The molecule has 1 aliphatic rings. The van der Waals surface area contributed by atoms with Crippen molar-refractivity contribution < 1.29 is 19.0 Å². The molecular formula is C26H35NO4. The predicted molar refractivity (Wildman–Crippen MR) is 123 cm³/mol. The van der Waals surface area contributed by atoms with Gasteiger partial charge in [-0.15, -0.1) is 0 Å². The van der Waals surface area contributed by atoms with Gasteiger partial charge >= 0.3 is 5.97 Å². The Morgan fingerprint density at radius 3 is 2.32 bits per heavy atom. The maximum absolute atomic E-state index is 11.2. The van der Waals surface area contributed by atoms with E-state index in [-0.39, 0.29) is 12.2 Å². The second kappa shape index (κ2) is 12.5. The Kier molecular flexibility index (Phi) is 9.38. The SMILES string of the molecule is COC(=O)CCCCCN1CCCCC1OCc1ccc(-c2ccc(OC)cc2)cc1. The number of rotatable bonds is 11. The molecule has 1 unspecified atom stereocenters. The number of unbranched alkanes of at least 4 members (excludes halogenated alkanes) is 2. The Balaban J connectivity index is 1.45. The lowest BCUT2D eigenvalue weighted by Gasteiger charge is -2.35. The van der Waals surface area contributed by atoms with Crippen molar-refractivity contribution in [2.75, 3.05) is 27.3 Å². The van der Waals surface area contributed by atoms with Crippen molar-refractivity contribution >= 4 is 5.97 Å². The molecule has 0 aromatic heterocycles. The summed E-state index contributed by atoms with van der Waals surface area (Å²) in [5.74, 6) is 0.756. The molecule has 31 heavy (non-hydrogen) atoms. The number of likely N-dealkylation sites (tertiary alicyclic amines) is 1. The van der Waals surface area contributed by atoms with E-state index in [2.05, 4.69) is 41.3 Å². The number of methoxy groups -OCH3 is 2. The molecule has 5 nitrogen and oxygen atoms in total. The molecule has 1 fully saturated rings. The molecule has 5 heteroatoms. The van der Waals surface area contributed by atoms with Crippen molar-refractivity contribution in [1.82, 2.24) is 4.90 Å². The van der Waals surface area contributed by atoms with Gasteiger partial charge in [0.1, 0.15) is 12.0 Å². The molecule has 0 N–H and O–H groups in total. The van der Waals surface area contributed by atoms with E-state index in [0.29, 0.717) is 13.0 Å². The maximum atomic E-state index is 11.2. The van der Waals surface area contributed by atoms with Gasteiger partial charge in [-0.05, 0) is 60.9 Å². The van der Waals surface area contributed by atoms with E-state index in [0.717, 1.165) is 44.5 Å². The first kappa shape index (κ1) is 23.3. The van der Waals surface area contributed by atoms with Gasteiger partial charge in [0.2, 0.25) is 0 Å². The molecule has 3 rings (SSSR count). The minimum absolute atomic E-state index is 0.114. The third-order valence-corrected chi connectivity index (χ3v) is 5.93. The lowest BCUT2D eigenvalue weighted by atomic mass is 10.0. The summed E-state index contributed by atoms with van der Waals surface area (Å²) in [6.45, 7) is 2.76. The average Bonchev–Trinajstić information content (AvgIpc) is 2.83. The van der Waals surface area contributed by atoms with Crippen molar-refractivity contribution in [3.8, 4) is 16.9 Å². The number of piperidine rings is 1. The summed E-state index contributed by atoms with van der Waals surface area (Å²) in [5, 5.41) is 0. The maximum Gasteiger partial charge on any atom is 0.305 e. The van der Waals surface area contributed by atoms with Crippen molar-refractivity contribution in [3.63, 3.8) is 0 Å². The molecular weight excluding hydrogens is 390 g/mol. The molecule has 1 aliphatic heterocycles. The highest BCUT2D eigenvalue weighted by Crippen LogP contribution is 2.24. The van der Waals surface area contributed by atoms with Gasteiger partial charge in [0.15, 0.2) is 0 Å². The second-order valence-electron chi connectivity index (χ2n) is 8.11. The molecule has 0 aliphatic carbocycles. The topological polar surface area (TPSA) is 48.0 Å². The van der Waals surface area contributed by atoms with E-state index in [1.165, 1.54) is 36.6 Å². The average molecular weight is 426 g/mol. The van der Waals surface area contributed by atoms with Gasteiger partial charge in [-0.2, -0.15) is 0 Å². The first-order valence-electron chi connectivity index (χ1n) is 11.4. The minimum Gasteiger partial charge on any atom is -0.497 e. The second-order valence-corrected chi connectivity index (χ2v) is 8.11. The molecule has 2 aromatic rings. The van der Waals surface area contributed by atoms with E-state index < -0.39 is 0 Å². The molecule has 0 radical (unpaired) electrons. The van der Waals surface area contributed by atoms with Crippen LogP contribution >= 0.6 is 0 Å². The van der Waals surface area contributed by atoms with Gasteiger partial charge in [0.25, 0.3) is 0 Å². The third-order valence-electron chi connectivity index (χ3n) is 5.93. The zero-order chi connectivity index (χ0) is 21.9. The van der Waals surface area contributed by atoms with Gasteiger partial charge in [-0.1, -0.05) is 42.8 Å². The number of benzene rings is 2. The summed E-state index contributed by atoms with van der Waals surface area (Å²) in [7, 11) is 3.13. The highest BCUT2D eigenvalue weighted by atomic mass is 16.5. The Hall–Kier alpha value is -2.37. The zero-order valence-electron chi connectivity index (χ0n) is 18.8. The fourth-order valence-electron chi connectivity index (χ4n) is 4.04. The molecule has 1 heterocycles. The zero-order valence-corrected chi connectivity index (χ0v) is 18.8. The van der Waals surface area contributed by atoms with E-state index in [1.807, 2.05) is 12.1 Å². The summed E-state index contributed by atoms with van der Waals surface area (Å²) in [6.07, 6.45) is 7.29. The summed E-state index contributed by atoms with van der Waals surface area (Å²) in [4.78, 5) is 13.7. The van der Waals surface area contributed by atoms with Crippen LogP contribution < -0.4 is 4.74 Å². The van der Waals surface area contributed by atoms with Crippen molar-refractivity contribution in [1.29, 1.82) is 0 Å². The molecule has 1 atom stereocenters. The predicted octanol–water partition coefficient (Wildman–Crippen LogP) is 5.42. The van der Waals surface area contributed by atoms with Crippen LogP contribution in [0.2, 0.25) is 0 Å². The molecule has 2 aromatic carbocycles. The number of carbonyl (C=O) groups excluding carboxylic acids is 1. The number of esters is 1. The molecule has 168 valence electrons. The van der Waals surface area contributed by atoms with Crippen LogP contribution in [0.1, 0.15) is 50.5 Å². The van der Waals surface area contributed by atoms with Crippen molar-refractivity contribution in [2.45, 2.75) is 57.8 Å². The Bertz CT molecular complexity index is 788. The highest BCUT2D eigenvalue weighted by Gasteiger charge is 2.22. The van der Waals surface area contributed by atoms with Crippen LogP contribution in [0.15, 0.2) is 48.5 Å². The van der Waals surface area contributed by atoms with Crippen LogP contribution in [0, 0.1) is 0 Å². The van der Waals surface area contributed by atoms with Crippen LogP contribution in [0.3, 0.4) is 0 Å². The van der Waals surface area contributed by atoms with E-state index >= 15 is 0 Å². The third kappa shape index (κ3) is 7.37. The fraction of sp³-hybridized carbons (Fsp3) is 0.500. The number of nitrogens with zero attached hydrogens (tertiary/aromatic N) is 1. The largest absolute Gasteiger partial charge is 0.497 e. The molecule has 0 spiro atoms. The van der Waals surface area contributed by atoms with Gasteiger partial charge in [-0.3, -0.25) is 9.69 Å². The fourth-order valence-corrected chi connectivity index (χ4v) is 4.04. The van der Waals surface area contributed by atoms with Crippen LogP contribution in [0.4, 0.5) is 0 Å². The Labute approximate surface area is 186 Å². The van der Waals surface area contributed by atoms with Gasteiger partial charge in [0.05, 0.1) is 20.8 Å². The molecule has 1 saturated heterocycles. The van der Waals surface area contributed by atoms with Crippen LogP contribution in [-0.4, -0.2) is 44.4 Å². The van der Waals surface area contributed by atoms with Crippen molar-refractivity contribution in [2.24, 2.45) is 0 Å². The van der Waals surface area contributed by atoms with Gasteiger partial charge in [-0.25, -0.2) is 0 Å². The monoisotopic (exact) mass is 425 g/mol. The summed E-state index contributed by atoms with van der Waals surface area (Å²) < 4.78 is 16.2. The van der Waals surface area contributed by atoms with E-state index in [4.69, 9.17) is 14.2 Å². The smallest absolute Gasteiger partial charge is 0.305 e. The number of ether oxygens (including phenoxy) is 3. The Morgan fingerprint density at radius 1 is 0.935 bits per heavy atom. The summed E-state index contributed by atoms with van der Waals surface area (Å²) >= 11 is 0. The normalized spacial score (nSPS) is 16.8. The van der Waals surface area contributed by atoms with E-state index in [1.54, 1.807) is 7.11 Å². The quantitative estimate of drug-likeness (QED) is 0.355. The first-order valence-corrected chi connectivity index (χ1v) is 11.4. The lowest BCUT2D eigenvalue weighted by Crippen LogP contribution is -2.41. The lowest BCUT2D eigenvalue weighted by molar-refractivity contribution is -0.140. The molecule has 0 saturated carbocycles. The summed E-state index contributed by atoms with van der Waals surface area (Å²) in [5.41, 5.74) is 3.57. The molecule has 0 amide bonds. The number of hydrogen-bond acceptors (Lipinski definition) is 5. The summed E-state index contributed by atoms with van der Waals surface area (Å²) in [6, 6.07) is 16.7. The number of hydrogen-bond donors (Lipinski definition) is 0.